The molecular formula is C8H26Al2B2. The highest BCUT2D eigenvalue weighted by Gasteiger charge is 1.49. The Labute approximate surface area is 95.2 Å². The van der Waals surface area contributed by atoms with E-state index in [1.165, 1.54) is 0 Å². The van der Waals surface area contributed by atoms with Crippen LogP contribution in [-0.4, -0.2) is 45.0 Å². The van der Waals surface area contributed by atoms with E-state index >= 15 is 0 Å². The van der Waals surface area contributed by atoms with Crippen LogP contribution in [0.25, 0.3) is 0 Å². The highest BCUT2D eigenvalue weighted by molar-refractivity contribution is 6.31. The van der Waals surface area contributed by atoms with Crippen molar-refractivity contribution in [2.24, 2.45) is 0 Å². The molecule has 0 fully saturated rings. The largest absolute Gasteiger partial charge is 0.229 e. The van der Waals surface area contributed by atoms with E-state index in [0.717, 1.165) is 0 Å². The zero-order chi connectivity index (χ0) is 10.8. The molecule has 0 heterocycles. The second kappa shape index (κ2) is 56.6. The average molecular weight is 198 g/mol. The molecule has 0 spiro atoms. The minimum Gasteiger partial charge on any atom is -0.109 e. The highest BCUT2D eigenvalue weighted by atomic mass is 27.1. The summed E-state index contributed by atoms with van der Waals surface area (Å²) in [6.07, 6.45) is 0. The lowest BCUT2D eigenvalue weighted by atomic mass is 9.88. The first-order chi connectivity index (χ1) is 5.66. The molecule has 0 nitrogen and oxygen atoms in total. The number of hydrogen-bond acceptors (Lipinski definition) is 0. The van der Waals surface area contributed by atoms with Gasteiger partial charge in [-0.2, -0.15) is 0 Å². The van der Waals surface area contributed by atoms with Gasteiger partial charge >= 0.3 is 0 Å². The Morgan fingerprint density at radius 2 is 0.583 bits per heavy atom. The smallest absolute Gasteiger partial charge is 0.109 e. The topological polar surface area (TPSA) is 0 Å². The van der Waals surface area contributed by atoms with E-state index in [1.54, 1.807) is 0 Å². The molecule has 0 aliphatic carbocycles. The Morgan fingerprint density at radius 1 is 0.583 bits per heavy atom. The third kappa shape index (κ3) is 815. The van der Waals surface area contributed by atoms with E-state index in [4.69, 9.17) is 0 Å². The average Bonchev–Trinajstić information content (AvgIpc) is 1.92. The molecule has 0 N–H and O–H groups in total. The predicted molar refractivity (Wildman–Crippen MR) is 72.7 cm³/mol. The first kappa shape index (κ1) is 23.2. The van der Waals surface area contributed by atoms with Gasteiger partial charge in [-0.05, 0) is 0 Å². The molecule has 0 rings (SSSR count). The first-order valence-corrected chi connectivity index (χ1v) is 10.8. The molecule has 0 aromatic rings. The van der Waals surface area contributed by atoms with Crippen LogP contribution >= 0.6 is 0 Å². The number of rotatable bonds is 0. The normalized spacial score (nSPS) is 4.67. The van der Waals surface area contributed by atoms with Gasteiger partial charge in [0.1, 0.15) is 14.6 Å². The maximum absolute atomic E-state index is 2.26. The van der Waals surface area contributed by atoms with Crippen molar-refractivity contribution in [3.05, 3.63) is 0 Å². The highest BCUT2D eigenvalue weighted by Crippen LogP contribution is 1.37. The predicted octanol–water partition coefficient (Wildman–Crippen LogP) is 2.61. The molecule has 70 valence electrons. The van der Waals surface area contributed by atoms with Crippen LogP contribution < -0.4 is 0 Å². The summed E-state index contributed by atoms with van der Waals surface area (Å²) in [4.78, 5) is 0. The SMILES string of the molecule is C[B]C.C[B]C.[CH3][AlH][CH3].[CH3][AlH][CH3]. The second-order valence-electron chi connectivity index (χ2n) is 2.57. The fourth-order valence-corrected chi connectivity index (χ4v) is 0. The van der Waals surface area contributed by atoms with Gasteiger partial charge in [-0.3, -0.25) is 0 Å². The standard InChI is InChI=1S/2C2H6B.4CH3.2Al.2H/c2*1-3-2;;;;;;;;/h2*1-2H3;4*1H3;;;;. The van der Waals surface area contributed by atoms with Crippen LogP contribution in [0.2, 0.25) is 50.4 Å². The fourth-order valence-electron chi connectivity index (χ4n) is 0. The van der Waals surface area contributed by atoms with Crippen molar-refractivity contribution in [2.75, 3.05) is 0 Å². The zero-order valence-corrected chi connectivity index (χ0v) is 13.4. The van der Waals surface area contributed by atoms with Gasteiger partial charge < -0.3 is 0 Å². The summed E-state index contributed by atoms with van der Waals surface area (Å²) < 4.78 is 0. The van der Waals surface area contributed by atoms with Gasteiger partial charge in [-0.15, -0.1) is 23.1 Å². The van der Waals surface area contributed by atoms with Crippen molar-refractivity contribution in [1.82, 2.24) is 0 Å². The van der Waals surface area contributed by atoms with Crippen LogP contribution in [0, 0.1) is 0 Å². The van der Waals surface area contributed by atoms with Crippen LogP contribution in [0.1, 0.15) is 0 Å². The van der Waals surface area contributed by atoms with Gasteiger partial charge in [-0.25, -0.2) is 0 Å². The van der Waals surface area contributed by atoms with E-state index in [1.807, 2.05) is 41.9 Å². The Balaban J connectivity index is -0.0000000356. The van der Waals surface area contributed by atoms with Crippen molar-refractivity contribution in [3.8, 4) is 0 Å². The van der Waals surface area contributed by atoms with E-state index < -0.39 is 0 Å². The van der Waals surface area contributed by atoms with E-state index in [0.29, 0.717) is 30.4 Å². The molecule has 0 aliphatic heterocycles. The monoisotopic (exact) mass is 198 g/mol. The maximum Gasteiger partial charge on any atom is 0.229 e. The summed E-state index contributed by atoms with van der Waals surface area (Å²) in [5.41, 5.74) is 0. The quantitative estimate of drug-likeness (QED) is 0.524. The number of hydrogen-bond donors (Lipinski definition) is 0. The van der Waals surface area contributed by atoms with E-state index in [2.05, 4.69) is 23.1 Å². The molecule has 0 saturated carbocycles. The molecule has 0 bridgehead atoms. The summed E-state index contributed by atoms with van der Waals surface area (Å²) in [6, 6.07) is 0. The lowest BCUT2D eigenvalue weighted by Gasteiger charge is -1.41. The lowest BCUT2D eigenvalue weighted by molar-refractivity contribution is 2.14. The minimum absolute atomic E-state index is 0.417. The zero-order valence-electron chi connectivity index (χ0n) is 10.6. The van der Waals surface area contributed by atoms with Gasteiger partial charge in [0.2, 0.25) is 30.4 Å². The van der Waals surface area contributed by atoms with E-state index in [-0.39, 0.29) is 0 Å². The summed E-state index contributed by atoms with van der Waals surface area (Å²) in [5.74, 6) is 9.06. The molecule has 2 radical (unpaired) electrons. The van der Waals surface area contributed by atoms with Gasteiger partial charge in [-0.1, -0.05) is 27.3 Å². The molecule has 0 amide bonds. The molecule has 12 heavy (non-hydrogen) atoms. The van der Waals surface area contributed by atoms with Crippen LogP contribution in [0.3, 0.4) is 0 Å². The Morgan fingerprint density at radius 3 is 0.583 bits per heavy atom. The Kier molecular flexibility index (Phi) is 110. The second-order valence-corrected chi connectivity index (χ2v) is 5.40. The van der Waals surface area contributed by atoms with Crippen molar-refractivity contribution in [2.45, 2.75) is 50.4 Å². The molecule has 4 heteroatoms. The molecule has 0 atom stereocenters. The van der Waals surface area contributed by atoms with Gasteiger partial charge in [0.15, 0.2) is 0 Å². The Bertz CT molecular complexity index is 23.0. The van der Waals surface area contributed by atoms with Crippen LogP contribution in [0.4, 0.5) is 0 Å². The van der Waals surface area contributed by atoms with Crippen molar-refractivity contribution < 1.29 is 0 Å². The molecule has 0 saturated heterocycles. The third-order valence-electron chi connectivity index (χ3n) is 0. The van der Waals surface area contributed by atoms with Crippen molar-refractivity contribution >= 4 is 45.0 Å². The van der Waals surface area contributed by atoms with Crippen LogP contribution in [0.5, 0.6) is 0 Å². The summed E-state index contributed by atoms with van der Waals surface area (Å²) in [5, 5.41) is 0. The summed E-state index contributed by atoms with van der Waals surface area (Å²) in [6.45, 7) is 8.00. The van der Waals surface area contributed by atoms with Crippen LogP contribution in [0.15, 0.2) is 0 Å². The third-order valence-corrected chi connectivity index (χ3v) is 0. The van der Waals surface area contributed by atoms with Crippen molar-refractivity contribution in [3.63, 3.8) is 0 Å². The lowest BCUT2D eigenvalue weighted by Crippen LogP contribution is -1.53. The maximum atomic E-state index is 2.26. The van der Waals surface area contributed by atoms with Crippen molar-refractivity contribution in [1.29, 1.82) is 0 Å². The Hall–Kier alpha value is 1.19. The fraction of sp³-hybridized carbons (Fsp3) is 1.00. The van der Waals surface area contributed by atoms with E-state index in [9.17, 15) is 0 Å². The minimum atomic E-state index is 0.417. The summed E-state index contributed by atoms with van der Waals surface area (Å²) >= 11 is 0.833. The van der Waals surface area contributed by atoms with Gasteiger partial charge in [0.05, 0.1) is 0 Å². The first-order valence-electron chi connectivity index (χ1n) is 5.14. The molecule has 0 aromatic heterocycles. The van der Waals surface area contributed by atoms with Gasteiger partial charge in [0, 0.05) is 0 Å². The van der Waals surface area contributed by atoms with Crippen LogP contribution in [-0.2, 0) is 0 Å². The molecule has 0 aromatic carbocycles. The molecule has 0 aliphatic rings. The van der Waals surface area contributed by atoms with Gasteiger partial charge in [0.25, 0.3) is 0 Å². The summed E-state index contributed by atoms with van der Waals surface area (Å²) in [7, 11) is 4.00. The molecule has 0 unspecified atom stereocenters. The molecular weight excluding hydrogens is 172 g/mol.